The summed E-state index contributed by atoms with van der Waals surface area (Å²) in [5.74, 6) is 0.182. The number of ether oxygens (including phenoxy) is 1. The van der Waals surface area contributed by atoms with Crippen molar-refractivity contribution < 1.29 is 9.13 Å². The molecule has 2 atom stereocenters. The first-order valence-corrected chi connectivity index (χ1v) is 7.33. The van der Waals surface area contributed by atoms with Crippen LogP contribution in [0.5, 0.6) is 0 Å². The molecule has 0 amide bonds. The molecule has 0 saturated carbocycles. The van der Waals surface area contributed by atoms with E-state index in [1.165, 1.54) is 0 Å². The number of benzene rings is 1. The monoisotopic (exact) mass is 285 g/mol. The predicted octanol–water partition coefficient (Wildman–Crippen LogP) is 3.43. The van der Waals surface area contributed by atoms with Crippen LogP contribution in [0.25, 0.3) is 0 Å². The van der Waals surface area contributed by atoms with Crippen LogP contribution >= 0.6 is 11.6 Å². The Bertz CT molecular complexity index is 407. The van der Waals surface area contributed by atoms with Gasteiger partial charge in [-0.2, -0.15) is 0 Å². The SMILES string of the molecule is CCCNC(Cc1ccc(Cl)c(F)c1)C1CCOC1. The van der Waals surface area contributed by atoms with Gasteiger partial charge in [0.1, 0.15) is 5.82 Å². The fourth-order valence-electron chi connectivity index (χ4n) is 2.53. The second kappa shape index (κ2) is 7.22. The van der Waals surface area contributed by atoms with Crippen molar-refractivity contribution in [3.05, 3.63) is 34.6 Å². The molecule has 0 bridgehead atoms. The van der Waals surface area contributed by atoms with Crippen LogP contribution < -0.4 is 5.32 Å². The Kier molecular flexibility index (Phi) is 5.61. The zero-order chi connectivity index (χ0) is 13.7. The topological polar surface area (TPSA) is 21.3 Å². The largest absolute Gasteiger partial charge is 0.381 e. The number of nitrogens with one attached hydrogen (secondary N) is 1. The molecular formula is C15H21ClFNO. The summed E-state index contributed by atoms with van der Waals surface area (Å²) in [5.41, 5.74) is 0.988. The van der Waals surface area contributed by atoms with Gasteiger partial charge < -0.3 is 10.1 Å². The maximum Gasteiger partial charge on any atom is 0.142 e. The van der Waals surface area contributed by atoms with Crippen molar-refractivity contribution in [2.24, 2.45) is 5.92 Å². The van der Waals surface area contributed by atoms with Crippen LogP contribution in [0.1, 0.15) is 25.3 Å². The third-order valence-corrected chi connectivity index (χ3v) is 3.94. The van der Waals surface area contributed by atoms with Crippen molar-refractivity contribution in [3.8, 4) is 0 Å². The van der Waals surface area contributed by atoms with Gasteiger partial charge in [0.05, 0.1) is 11.6 Å². The normalized spacial score (nSPS) is 20.7. The molecule has 1 aromatic carbocycles. The summed E-state index contributed by atoms with van der Waals surface area (Å²) in [6.45, 7) is 4.77. The van der Waals surface area contributed by atoms with E-state index < -0.39 is 0 Å². The molecule has 1 heterocycles. The molecule has 0 radical (unpaired) electrons. The molecule has 2 nitrogen and oxygen atoms in total. The van der Waals surface area contributed by atoms with E-state index in [2.05, 4.69) is 12.2 Å². The van der Waals surface area contributed by atoms with E-state index >= 15 is 0 Å². The van der Waals surface area contributed by atoms with Gasteiger partial charge in [-0.3, -0.25) is 0 Å². The average molecular weight is 286 g/mol. The molecule has 0 aromatic heterocycles. The lowest BCUT2D eigenvalue weighted by atomic mass is 9.92. The lowest BCUT2D eigenvalue weighted by Gasteiger charge is -2.24. The fraction of sp³-hybridized carbons (Fsp3) is 0.600. The fourth-order valence-corrected chi connectivity index (χ4v) is 2.64. The molecule has 1 aliphatic heterocycles. The number of hydrogen-bond acceptors (Lipinski definition) is 2. The summed E-state index contributed by atoms with van der Waals surface area (Å²) >= 11 is 5.72. The van der Waals surface area contributed by atoms with Crippen molar-refractivity contribution in [1.82, 2.24) is 5.32 Å². The van der Waals surface area contributed by atoms with Crippen LogP contribution in [0.3, 0.4) is 0 Å². The first-order valence-electron chi connectivity index (χ1n) is 6.95. The quantitative estimate of drug-likeness (QED) is 0.865. The van der Waals surface area contributed by atoms with Crippen molar-refractivity contribution in [2.45, 2.75) is 32.2 Å². The first-order chi connectivity index (χ1) is 9.20. The molecule has 1 aliphatic rings. The summed E-state index contributed by atoms with van der Waals surface area (Å²) in [6.07, 6.45) is 3.00. The zero-order valence-electron chi connectivity index (χ0n) is 11.3. The van der Waals surface area contributed by atoms with Crippen molar-refractivity contribution >= 4 is 11.6 Å². The van der Waals surface area contributed by atoms with Gasteiger partial charge in [0.25, 0.3) is 0 Å². The Morgan fingerprint density at radius 2 is 2.37 bits per heavy atom. The highest BCUT2D eigenvalue weighted by atomic mass is 35.5. The molecule has 4 heteroatoms. The molecule has 1 N–H and O–H groups in total. The molecule has 1 aromatic rings. The van der Waals surface area contributed by atoms with Gasteiger partial charge in [-0.15, -0.1) is 0 Å². The first kappa shape index (κ1) is 14.8. The lowest BCUT2D eigenvalue weighted by molar-refractivity contribution is 0.176. The highest BCUT2D eigenvalue weighted by Crippen LogP contribution is 2.22. The lowest BCUT2D eigenvalue weighted by Crippen LogP contribution is -2.38. The van der Waals surface area contributed by atoms with Gasteiger partial charge in [0, 0.05) is 18.6 Å². The Morgan fingerprint density at radius 3 is 3.00 bits per heavy atom. The highest BCUT2D eigenvalue weighted by molar-refractivity contribution is 6.30. The maximum atomic E-state index is 13.5. The second-order valence-electron chi connectivity index (χ2n) is 5.14. The Morgan fingerprint density at radius 1 is 1.53 bits per heavy atom. The van der Waals surface area contributed by atoms with E-state index in [1.807, 2.05) is 6.07 Å². The summed E-state index contributed by atoms with van der Waals surface area (Å²) in [6, 6.07) is 5.43. The van der Waals surface area contributed by atoms with Crippen LogP contribution in [0.2, 0.25) is 5.02 Å². The van der Waals surface area contributed by atoms with Gasteiger partial charge in [-0.1, -0.05) is 24.6 Å². The molecule has 2 unspecified atom stereocenters. The molecule has 2 rings (SSSR count). The second-order valence-corrected chi connectivity index (χ2v) is 5.54. The van der Waals surface area contributed by atoms with Gasteiger partial charge >= 0.3 is 0 Å². The average Bonchev–Trinajstić information content (AvgIpc) is 2.92. The summed E-state index contributed by atoms with van der Waals surface area (Å²) in [5, 5.41) is 3.74. The van der Waals surface area contributed by atoms with E-state index in [1.54, 1.807) is 12.1 Å². The van der Waals surface area contributed by atoms with Crippen LogP contribution in [0.4, 0.5) is 4.39 Å². The van der Waals surface area contributed by atoms with Gasteiger partial charge in [0.15, 0.2) is 0 Å². The summed E-state index contributed by atoms with van der Waals surface area (Å²) < 4.78 is 18.9. The molecule has 0 spiro atoms. The Hall–Kier alpha value is -0.640. The van der Waals surface area contributed by atoms with Crippen molar-refractivity contribution in [1.29, 1.82) is 0 Å². The number of halogens is 2. The molecule has 106 valence electrons. The van der Waals surface area contributed by atoms with Crippen LogP contribution in [0.15, 0.2) is 18.2 Å². The van der Waals surface area contributed by atoms with Crippen molar-refractivity contribution in [3.63, 3.8) is 0 Å². The minimum atomic E-state index is -0.337. The summed E-state index contributed by atoms with van der Waals surface area (Å²) in [4.78, 5) is 0. The molecular weight excluding hydrogens is 265 g/mol. The van der Waals surface area contributed by atoms with E-state index in [-0.39, 0.29) is 10.8 Å². The van der Waals surface area contributed by atoms with Gasteiger partial charge in [-0.25, -0.2) is 4.39 Å². The minimum Gasteiger partial charge on any atom is -0.381 e. The Balaban J connectivity index is 2.03. The highest BCUT2D eigenvalue weighted by Gasteiger charge is 2.25. The molecule has 1 saturated heterocycles. The van der Waals surface area contributed by atoms with Crippen LogP contribution in [0, 0.1) is 11.7 Å². The predicted molar refractivity (Wildman–Crippen MR) is 76.1 cm³/mol. The van der Waals surface area contributed by atoms with E-state index in [0.717, 1.165) is 44.6 Å². The minimum absolute atomic E-state index is 0.186. The maximum absolute atomic E-state index is 13.5. The number of hydrogen-bond donors (Lipinski definition) is 1. The van der Waals surface area contributed by atoms with E-state index in [4.69, 9.17) is 16.3 Å². The molecule has 19 heavy (non-hydrogen) atoms. The van der Waals surface area contributed by atoms with Gasteiger partial charge in [0.2, 0.25) is 0 Å². The third-order valence-electron chi connectivity index (χ3n) is 3.63. The Labute approximate surface area is 119 Å². The number of rotatable bonds is 6. The standard InChI is InChI=1S/C15H21ClFNO/c1-2-6-18-15(12-5-7-19-10-12)9-11-3-4-13(16)14(17)8-11/h3-4,8,12,15,18H,2,5-7,9-10H2,1H3. The zero-order valence-corrected chi connectivity index (χ0v) is 12.0. The third kappa shape index (κ3) is 4.16. The molecule has 1 fully saturated rings. The van der Waals surface area contributed by atoms with Crippen molar-refractivity contribution in [2.75, 3.05) is 19.8 Å². The van der Waals surface area contributed by atoms with Crippen LogP contribution in [-0.2, 0) is 11.2 Å². The van der Waals surface area contributed by atoms with Gasteiger partial charge in [-0.05, 0) is 43.5 Å². The van der Waals surface area contributed by atoms with E-state index in [9.17, 15) is 4.39 Å². The smallest absolute Gasteiger partial charge is 0.142 e. The summed E-state index contributed by atoms with van der Waals surface area (Å²) in [7, 11) is 0. The molecule has 0 aliphatic carbocycles. The van der Waals surface area contributed by atoms with E-state index in [0.29, 0.717) is 12.0 Å². The van der Waals surface area contributed by atoms with Crippen LogP contribution in [-0.4, -0.2) is 25.8 Å².